The summed E-state index contributed by atoms with van der Waals surface area (Å²) in [6, 6.07) is 10.3. The summed E-state index contributed by atoms with van der Waals surface area (Å²) in [6.45, 7) is 5.41. The zero-order chi connectivity index (χ0) is 10.2. The molecule has 0 unspecified atom stereocenters. The van der Waals surface area contributed by atoms with E-state index < -0.39 is 0 Å². The summed E-state index contributed by atoms with van der Waals surface area (Å²) in [6.07, 6.45) is 4.20. The van der Waals surface area contributed by atoms with Gasteiger partial charge in [-0.3, -0.25) is 0 Å². The molecule has 1 aromatic rings. The molecule has 2 heteroatoms. The first-order chi connectivity index (χ1) is 6.79. The molecule has 0 saturated heterocycles. The Balaban J connectivity index is 2.25. The maximum absolute atomic E-state index is 3.74. The third-order valence-corrected chi connectivity index (χ3v) is 1.97. The normalized spacial score (nSPS) is 10.6. The van der Waals surface area contributed by atoms with Crippen LogP contribution in [0.2, 0.25) is 0 Å². The van der Waals surface area contributed by atoms with Crippen LogP contribution >= 0.6 is 15.9 Å². The van der Waals surface area contributed by atoms with Gasteiger partial charge < -0.3 is 5.32 Å². The van der Waals surface area contributed by atoms with Gasteiger partial charge in [0.2, 0.25) is 0 Å². The van der Waals surface area contributed by atoms with E-state index in [1.807, 2.05) is 18.2 Å². The maximum Gasteiger partial charge on any atom is 0.0268 e. The minimum atomic E-state index is 0.805. The highest BCUT2D eigenvalue weighted by Crippen LogP contribution is 2.00. The molecule has 0 saturated carbocycles. The van der Waals surface area contributed by atoms with Gasteiger partial charge >= 0.3 is 0 Å². The molecule has 74 valence electrons. The van der Waals surface area contributed by atoms with E-state index in [1.54, 1.807) is 0 Å². The van der Waals surface area contributed by atoms with Gasteiger partial charge in [-0.2, -0.15) is 0 Å². The predicted octanol–water partition coefficient (Wildman–Crippen LogP) is 3.20. The molecule has 14 heavy (non-hydrogen) atoms. The highest BCUT2D eigenvalue weighted by atomic mass is 79.9. The third-order valence-electron chi connectivity index (χ3n) is 1.69. The Labute approximate surface area is 93.7 Å². The smallest absolute Gasteiger partial charge is 0.0268 e. The van der Waals surface area contributed by atoms with Crippen molar-refractivity contribution in [3.8, 4) is 0 Å². The molecule has 0 atom stereocenters. The van der Waals surface area contributed by atoms with E-state index in [2.05, 4.69) is 52.1 Å². The molecule has 0 bridgehead atoms. The lowest BCUT2D eigenvalue weighted by Crippen LogP contribution is -2.14. The molecule has 1 nitrogen and oxygen atoms in total. The highest BCUT2D eigenvalue weighted by molar-refractivity contribution is 9.11. The monoisotopic (exact) mass is 251 g/mol. The van der Waals surface area contributed by atoms with E-state index in [-0.39, 0.29) is 0 Å². The lowest BCUT2D eigenvalue weighted by molar-refractivity contribution is 0.841. The minimum absolute atomic E-state index is 0.805. The fourth-order valence-electron chi connectivity index (χ4n) is 1.05. The number of hydrogen-bond acceptors (Lipinski definition) is 1. The van der Waals surface area contributed by atoms with E-state index >= 15 is 0 Å². The zero-order valence-corrected chi connectivity index (χ0v) is 9.63. The van der Waals surface area contributed by atoms with Crippen LogP contribution in [-0.4, -0.2) is 13.1 Å². The Morgan fingerprint density at radius 2 is 2.07 bits per heavy atom. The summed E-state index contributed by atoms with van der Waals surface area (Å²) in [4.78, 5) is 0. The summed E-state index contributed by atoms with van der Waals surface area (Å²) >= 11 is 3.29. The number of nitrogens with one attached hydrogen (secondary N) is 1. The first-order valence-electron chi connectivity index (χ1n) is 4.54. The lowest BCUT2D eigenvalue weighted by atomic mass is 10.2. The first-order valence-corrected chi connectivity index (χ1v) is 5.34. The van der Waals surface area contributed by atoms with E-state index in [1.165, 1.54) is 5.56 Å². The van der Waals surface area contributed by atoms with Gasteiger partial charge in [-0.25, -0.2) is 0 Å². The Morgan fingerprint density at radius 1 is 1.36 bits per heavy atom. The van der Waals surface area contributed by atoms with Crippen LogP contribution in [0.25, 0.3) is 6.08 Å². The van der Waals surface area contributed by atoms with Crippen LogP contribution in [0.1, 0.15) is 5.56 Å². The van der Waals surface area contributed by atoms with Crippen molar-refractivity contribution in [1.29, 1.82) is 0 Å². The molecule has 1 rings (SSSR count). The van der Waals surface area contributed by atoms with Crippen LogP contribution in [0.5, 0.6) is 0 Å². The fraction of sp³-hybridized carbons (Fsp3) is 0.167. The molecular formula is C12H14BrN. The van der Waals surface area contributed by atoms with E-state index in [4.69, 9.17) is 0 Å². The van der Waals surface area contributed by atoms with Gasteiger partial charge in [0.1, 0.15) is 0 Å². The van der Waals surface area contributed by atoms with E-state index in [9.17, 15) is 0 Å². The second-order valence-electron chi connectivity index (χ2n) is 2.96. The van der Waals surface area contributed by atoms with Crippen molar-refractivity contribution >= 4 is 22.0 Å². The van der Waals surface area contributed by atoms with Gasteiger partial charge in [0, 0.05) is 17.6 Å². The molecular weight excluding hydrogens is 238 g/mol. The number of benzene rings is 1. The Kier molecular flexibility index (Phi) is 5.27. The van der Waals surface area contributed by atoms with Gasteiger partial charge in [0.05, 0.1) is 0 Å². The average molecular weight is 252 g/mol. The third kappa shape index (κ3) is 5.00. The van der Waals surface area contributed by atoms with Gasteiger partial charge in [-0.05, 0) is 5.56 Å². The molecule has 0 aliphatic rings. The van der Waals surface area contributed by atoms with Gasteiger partial charge in [-0.15, -0.1) is 0 Å². The molecule has 0 heterocycles. The SMILES string of the molecule is C=C(Br)CNC/C=C/c1ccccc1. The molecule has 0 fully saturated rings. The van der Waals surface area contributed by atoms with Gasteiger partial charge in [0.25, 0.3) is 0 Å². The molecule has 0 aliphatic heterocycles. The minimum Gasteiger partial charge on any atom is -0.309 e. The number of rotatable bonds is 5. The topological polar surface area (TPSA) is 12.0 Å². The van der Waals surface area contributed by atoms with E-state index in [0.717, 1.165) is 17.6 Å². The lowest BCUT2D eigenvalue weighted by Gasteiger charge is -1.97. The summed E-state index contributed by atoms with van der Waals surface area (Å²) in [5.74, 6) is 0. The van der Waals surface area contributed by atoms with Gasteiger partial charge in [-0.1, -0.05) is 65.0 Å². The van der Waals surface area contributed by atoms with Crippen LogP contribution in [0, 0.1) is 0 Å². The standard InChI is InChI=1S/C12H14BrN/c1-11(13)10-14-9-5-8-12-6-3-2-4-7-12/h2-8,14H,1,9-10H2/b8-5+. The van der Waals surface area contributed by atoms with E-state index in [0.29, 0.717) is 0 Å². The fourth-order valence-corrected chi connectivity index (χ4v) is 1.25. The van der Waals surface area contributed by atoms with Crippen molar-refractivity contribution in [3.63, 3.8) is 0 Å². The number of hydrogen-bond donors (Lipinski definition) is 1. The van der Waals surface area contributed by atoms with Crippen LogP contribution in [0.4, 0.5) is 0 Å². The van der Waals surface area contributed by atoms with Crippen molar-refractivity contribution < 1.29 is 0 Å². The second-order valence-corrected chi connectivity index (χ2v) is 4.08. The van der Waals surface area contributed by atoms with Crippen molar-refractivity contribution in [2.45, 2.75) is 0 Å². The Bertz CT molecular complexity index is 303. The van der Waals surface area contributed by atoms with Crippen molar-refractivity contribution in [1.82, 2.24) is 5.32 Å². The largest absolute Gasteiger partial charge is 0.309 e. The Morgan fingerprint density at radius 3 is 2.71 bits per heavy atom. The molecule has 0 radical (unpaired) electrons. The molecule has 1 N–H and O–H groups in total. The van der Waals surface area contributed by atoms with Crippen molar-refractivity contribution in [2.75, 3.05) is 13.1 Å². The van der Waals surface area contributed by atoms with Crippen LogP contribution < -0.4 is 5.32 Å². The van der Waals surface area contributed by atoms with Gasteiger partial charge in [0.15, 0.2) is 0 Å². The quantitative estimate of drug-likeness (QED) is 0.793. The number of halogens is 1. The summed E-state index contributed by atoms with van der Waals surface area (Å²) in [7, 11) is 0. The zero-order valence-electron chi connectivity index (χ0n) is 8.04. The molecule has 0 spiro atoms. The Hall–Kier alpha value is -0.860. The summed E-state index contributed by atoms with van der Waals surface area (Å²) in [5, 5.41) is 3.22. The van der Waals surface area contributed by atoms with Crippen molar-refractivity contribution in [2.24, 2.45) is 0 Å². The van der Waals surface area contributed by atoms with Crippen LogP contribution in [-0.2, 0) is 0 Å². The van der Waals surface area contributed by atoms with Crippen LogP contribution in [0.15, 0.2) is 47.5 Å². The molecule has 0 aliphatic carbocycles. The molecule has 0 amide bonds. The molecule has 1 aromatic carbocycles. The highest BCUT2D eigenvalue weighted by Gasteiger charge is 1.85. The molecule has 0 aromatic heterocycles. The first kappa shape index (κ1) is 11.2. The summed E-state index contributed by atoms with van der Waals surface area (Å²) < 4.78 is 0.977. The average Bonchev–Trinajstić information content (AvgIpc) is 2.18. The maximum atomic E-state index is 3.74. The second kappa shape index (κ2) is 6.57. The van der Waals surface area contributed by atoms with Crippen LogP contribution in [0.3, 0.4) is 0 Å². The van der Waals surface area contributed by atoms with Crippen molar-refractivity contribution in [3.05, 3.63) is 53.0 Å². The predicted molar refractivity (Wildman–Crippen MR) is 66.4 cm³/mol. The summed E-state index contributed by atoms with van der Waals surface area (Å²) in [5.41, 5.74) is 1.23.